The monoisotopic (exact) mass is 269 g/mol. The summed E-state index contributed by atoms with van der Waals surface area (Å²) in [5, 5.41) is 2.68. The highest BCUT2D eigenvalue weighted by Crippen LogP contribution is 2.34. The van der Waals surface area contributed by atoms with Gasteiger partial charge in [0.05, 0.1) is 6.54 Å². The topological polar surface area (TPSA) is 12.0 Å². The van der Waals surface area contributed by atoms with Crippen molar-refractivity contribution in [1.29, 1.82) is 0 Å². The first-order valence-corrected chi connectivity index (χ1v) is 6.63. The molecule has 0 aromatic carbocycles. The zero-order chi connectivity index (χ0) is 13.9. The Hall–Kier alpha value is -0.320. The van der Waals surface area contributed by atoms with Crippen LogP contribution in [0, 0.1) is 17.8 Å². The first-order chi connectivity index (χ1) is 8.24. The molecule has 18 heavy (non-hydrogen) atoms. The normalized spacial score (nSPS) is 30.2. The Morgan fingerprint density at radius 2 is 1.83 bits per heavy atom. The largest absolute Gasteiger partial charge is 0.319 e. The molecule has 1 saturated carbocycles. The molecule has 0 bridgehead atoms. The van der Waals surface area contributed by atoms with Crippen molar-refractivity contribution in [3.05, 3.63) is 0 Å². The molecule has 1 aliphatic carbocycles. The van der Waals surface area contributed by atoms with E-state index in [1.54, 1.807) is 0 Å². The summed E-state index contributed by atoms with van der Waals surface area (Å²) in [6, 6.07) is -0.0709. The van der Waals surface area contributed by atoms with E-state index in [4.69, 9.17) is 0 Å². The molecule has 1 rings (SSSR count). The van der Waals surface area contributed by atoms with Gasteiger partial charge in [0.2, 0.25) is 0 Å². The standard InChI is InChI=1S/C13H23F4N/c1-8(2)10-5-4-9(3)6-11(10)18-7-13(16,17)12(14)15/h8-12,18H,4-7H2,1-3H3. The van der Waals surface area contributed by atoms with Crippen molar-refractivity contribution in [2.45, 2.75) is 58.4 Å². The highest BCUT2D eigenvalue weighted by atomic mass is 19.3. The van der Waals surface area contributed by atoms with Crippen LogP contribution in [-0.4, -0.2) is 24.9 Å². The molecule has 0 aromatic rings. The van der Waals surface area contributed by atoms with E-state index in [1.165, 1.54) is 0 Å². The maximum Gasteiger partial charge on any atom is 0.319 e. The smallest absolute Gasteiger partial charge is 0.308 e. The third-order valence-electron chi connectivity index (χ3n) is 3.94. The van der Waals surface area contributed by atoms with Crippen molar-refractivity contribution in [3.63, 3.8) is 0 Å². The van der Waals surface area contributed by atoms with Crippen molar-refractivity contribution in [2.24, 2.45) is 17.8 Å². The molecule has 1 fully saturated rings. The highest BCUT2D eigenvalue weighted by molar-refractivity contribution is 4.87. The van der Waals surface area contributed by atoms with E-state index in [0.717, 1.165) is 19.3 Å². The van der Waals surface area contributed by atoms with Gasteiger partial charge in [-0.25, -0.2) is 8.78 Å². The fraction of sp³-hybridized carbons (Fsp3) is 1.00. The fourth-order valence-corrected chi connectivity index (χ4v) is 2.78. The molecule has 108 valence electrons. The molecular weight excluding hydrogens is 246 g/mol. The number of halogens is 4. The van der Waals surface area contributed by atoms with Crippen LogP contribution in [0.3, 0.4) is 0 Å². The van der Waals surface area contributed by atoms with Gasteiger partial charge in [-0.1, -0.05) is 27.2 Å². The second kappa shape index (κ2) is 6.22. The molecule has 1 aliphatic rings. The van der Waals surface area contributed by atoms with Crippen LogP contribution in [0.4, 0.5) is 17.6 Å². The third kappa shape index (κ3) is 4.11. The molecule has 0 radical (unpaired) electrons. The van der Waals surface area contributed by atoms with Crippen LogP contribution in [0.15, 0.2) is 0 Å². The molecule has 1 nitrogen and oxygen atoms in total. The number of nitrogens with one attached hydrogen (secondary N) is 1. The lowest BCUT2D eigenvalue weighted by Gasteiger charge is -2.38. The average Bonchev–Trinajstić information content (AvgIpc) is 2.26. The molecule has 0 amide bonds. The molecule has 0 heterocycles. The summed E-state index contributed by atoms with van der Waals surface area (Å²) in [7, 11) is 0. The Bertz CT molecular complexity index is 255. The number of alkyl halides is 4. The van der Waals surface area contributed by atoms with E-state index in [1.807, 2.05) is 0 Å². The SMILES string of the molecule is CC1CCC(C(C)C)C(NCC(F)(F)C(F)F)C1. The number of rotatable bonds is 5. The Morgan fingerprint density at radius 1 is 1.22 bits per heavy atom. The minimum atomic E-state index is -3.93. The zero-order valence-corrected chi connectivity index (χ0v) is 11.2. The molecular formula is C13H23F4N. The summed E-state index contributed by atoms with van der Waals surface area (Å²) >= 11 is 0. The van der Waals surface area contributed by atoms with Crippen molar-refractivity contribution < 1.29 is 17.6 Å². The number of hydrogen-bond donors (Lipinski definition) is 1. The minimum absolute atomic E-state index is 0.0709. The molecule has 3 unspecified atom stereocenters. The van der Waals surface area contributed by atoms with Gasteiger partial charge in [0, 0.05) is 6.04 Å². The number of hydrogen-bond acceptors (Lipinski definition) is 1. The second-order valence-electron chi connectivity index (χ2n) is 5.88. The molecule has 0 spiro atoms. The van der Waals surface area contributed by atoms with Gasteiger partial charge in [-0.2, -0.15) is 8.78 Å². The van der Waals surface area contributed by atoms with Crippen LogP contribution >= 0.6 is 0 Å². The van der Waals surface area contributed by atoms with E-state index < -0.39 is 18.9 Å². The van der Waals surface area contributed by atoms with E-state index in [-0.39, 0.29) is 6.04 Å². The second-order valence-corrected chi connectivity index (χ2v) is 5.88. The zero-order valence-electron chi connectivity index (χ0n) is 11.2. The summed E-state index contributed by atoms with van der Waals surface area (Å²) in [4.78, 5) is 0. The van der Waals surface area contributed by atoms with Crippen molar-refractivity contribution >= 4 is 0 Å². The predicted octanol–water partition coefficient (Wildman–Crippen LogP) is 3.94. The average molecular weight is 269 g/mol. The van der Waals surface area contributed by atoms with Gasteiger partial charge in [-0.15, -0.1) is 0 Å². The lowest BCUT2D eigenvalue weighted by Crippen LogP contribution is -2.49. The van der Waals surface area contributed by atoms with Crippen molar-refractivity contribution in [3.8, 4) is 0 Å². The molecule has 0 aromatic heterocycles. The molecule has 3 atom stereocenters. The van der Waals surface area contributed by atoms with Crippen LogP contribution in [-0.2, 0) is 0 Å². The Balaban J connectivity index is 2.56. The summed E-state index contributed by atoms with van der Waals surface area (Å²) in [6.45, 7) is 5.27. The van der Waals surface area contributed by atoms with Crippen molar-refractivity contribution in [2.75, 3.05) is 6.54 Å². The van der Waals surface area contributed by atoms with E-state index >= 15 is 0 Å². The maximum atomic E-state index is 12.9. The molecule has 5 heteroatoms. The van der Waals surface area contributed by atoms with Crippen LogP contribution in [0.1, 0.15) is 40.0 Å². The lowest BCUT2D eigenvalue weighted by atomic mass is 9.74. The maximum absolute atomic E-state index is 12.9. The van der Waals surface area contributed by atoms with Crippen LogP contribution in [0.5, 0.6) is 0 Å². The molecule has 0 saturated heterocycles. The fourth-order valence-electron chi connectivity index (χ4n) is 2.78. The molecule has 0 aliphatic heterocycles. The van der Waals surface area contributed by atoms with Gasteiger partial charge in [-0.3, -0.25) is 0 Å². The van der Waals surface area contributed by atoms with Gasteiger partial charge in [-0.05, 0) is 30.6 Å². The highest BCUT2D eigenvalue weighted by Gasteiger charge is 2.42. The summed E-state index contributed by atoms with van der Waals surface area (Å²) in [5.41, 5.74) is 0. The van der Waals surface area contributed by atoms with E-state index in [0.29, 0.717) is 17.8 Å². The predicted molar refractivity (Wildman–Crippen MR) is 64.1 cm³/mol. The summed E-state index contributed by atoms with van der Waals surface area (Å²) in [5.74, 6) is -2.77. The van der Waals surface area contributed by atoms with Crippen LogP contribution in [0.25, 0.3) is 0 Å². The van der Waals surface area contributed by atoms with Crippen LogP contribution in [0.2, 0.25) is 0 Å². The van der Waals surface area contributed by atoms with E-state index in [2.05, 4.69) is 26.1 Å². The minimum Gasteiger partial charge on any atom is -0.308 e. The van der Waals surface area contributed by atoms with Gasteiger partial charge in [0.15, 0.2) is 0 Å². The lowest BCUT2D eigenvalue weighted by molar-refractivity contribution is -0.127. The Kier molecular flexibility index (Phi) is 5.44. The summed E-state index contributed by atoms with van der Waals surface area (Å²) in [6.07, 6.45) is -0.728. The third-order valence-corrected chi connectivity index (χ3v) is 3.94. The summed E-state index contributed by atoms with van der Waals surface area (Å²) < 4.78 is 50.0. The molecule has 1 N–H and O–H groups in total. The van der Waals surface area contributed by atoms with Gasteiger partial charge in [0.25, 0.3) is 0 Å². The Labute approximate surface area is 106 Å². The van der Waals surface area contributed by atoms with Crippen molar-refractivity contribution in [1.82, 2.24) is 5.32 Å². The first-order valence-electron chi connectivity index (χ1n) is 6.63. The van der Waals surface area contributed by atoms with Gasteiger partial charge in [0.1, 0.15) is 0 Å². The van der Waals surface area contributed by atoms with Gasteiger partial charge < -0.3 is 5.32 Å². The first kappa shape index (κ1) is 15.7. The quantitative estimate of drug-likeness (QED) is 0.745. The van der Waals surface area contributed by atoms with Crippen LogP contribution < -0.4 is 5.32 Å². The van der Waals surface area contributed by atoms with E-state index in [9.17, 15) is 17.6 Å². The van der Waals surface area contributed by atoms with Gasteiger partial charge >= 0.3 is 12.3 Å². The Morgan fingerprint density at radius 3 is 2.33 bits per heavy atom.